The Morgan fingerprint density at radius 2 is 1.76 bits per heavy atom. The molecule has 2 aromatic carbocycles. The molecule has 0 radical (unpaired) electrons. The highest BCUT2D eigenvalue weighted by atomic mass is 32.2. The van der Waals surface area contributed by atoms with E-state index in [1.807, 2.05) is 0 Å². The van der Waals surface area contributed by atoms with E-state index >= 15 is 0 Å². The molecule has 11 heteroatoms. The smallest absolute Gasteiger partial charge is 0.329 e. The zero-order valence-electron chi connectivity index (χ0n) is 21.2. The van der Waals surface area contributed by atoms with Gasteiger partial charge in [-0.25, -0.2) is 22.6 Å². The van der Waals surface area contributed by atoms with Gasteiger partial charge in [-0.05, 0) is 48.9 Å². The fourth-order valence-electron chi connectivity index (χ4n) is 4.38. The van der Waals surface area contributed by atoms with E-state index in [-0.39, 0.29) is 17.2 Å². The molecular formula is C26H28FN3O6S. The van der Waals surface area contributed by atoms with Crippen molar-refractivity contribution < 1.29 is 27.0 Å². The molecule has 2 aromatic heterocycles. The number of imidazole rings is 1. The normalized spacial score (nSPS) is 12.5. The summed E-state index contributed by atoms with van der Waals surface area (Å²) >= 11 is 0. The van der Waals surface area contributed by atoms with Crippen molar-refractivity contribution in [3.63, 3.8) is 0 Å². The molecule has 0 bridgehead atoms. The van der Waals surface area contributed by atoms with Crippen molar-refractivity contribution in [3.8, 4) is 28.5 Å². The lowest BCUT2D eigenvalue weighted by Crippen LogP contribution is -2.31. The number of ether oxygens (including phenoxy) is 3. The van der Waals surface area contributed by atoms with Crippen LogP contribution >= 0.6 is 0 Å². The van der Waals surface area contributed by atoms with Crippen molar-refractivity contribution in [2.75, 3.05) is 32.8 Å². The summed E-state index contributed by atoms with van der Waals surface area (Å²) in [5.74, 6) is 0.0917. The molecule has 1 atom stereocenters. The Balaban J connectivity index is 1.95. The molecule has 4 rings (SSSR count). The quantitative estimate of drug-likeness (QED) is 0.327. The van der Waals surface area contributed by atoms with E-state index < -0.39 is 27.4 Å². The molecule has 37 heavy (non-hydrogen) atoms. The Bertz CT molecular complexity index is 1630. The van der Waals surface area contributed by atoms with E-state index in [0.717, 1.165) is 6.26 Å². The van der Waals surface area contributed by atoms with Gasteiger partial charge in [0.2, 0.25) is 0 Å². The van der Waals surface area contributed by atoms with Gasteiger partial charge in [0, 0.05) is 13.3 Å². The van der Waals surface area contributed by atoms with Crippen LogP contribution in [0.4, 0.5) is 4.39 Å². The predicted molar refractivity (Wildman–Crippen MR) is 139 cm³/mol. The van der Waals surface area contributed by atoms with Crippen molar-refractivity contribution in [3.05, 3.63) is 70.5 Å². The van der Waals surface area contributed by atoms with E-state index in [0.29, 0.717) is 40.4 Å². The molecule has 196 valence electrons. The molecule has 0 aliphatic heterocycles. The largest absolute Gasteiger partial charge is 0.496 e. The van der Waals surface area contributed by atoms with Crippen LogP contribution in [0.15, 0.2) is 53.3 Å². The third-order valence-corrected chi connectivity index (χ3v) is 6.96. The van der Waals surface area contributed by atoms with E-state index in [9.17, 15) is 17.6 Å². The Morgan fingerprint density at radius 3 is 2.41 bits per heavy atom. The average Bonchev–Trinajstić information content (AvgIpc) is 3.11. The predicted octanol–water partition coefficient (Wildman–Crippen LogP) is 3.59. The Labute approximate surface area is 214 Å². The highest BCUT2D eigenvalue weighted by Crippen LogP contribution is 2.35. The van der Waals surface area contributed by atoms with Crippen molar-refractivity contribution in [2.24, 2.45) is 7.05 Å². The van der Waals surface area contributed by atoms with Gasteiger partial charge in [-0.3, -0.25) is 9.13 Å². The second-order valence-electron chi connectivity index (χ2n) is 8.52. The van der Waals surface area contributed by atoms with Crippen molar-refractivity contribution in [1.82, 2.24) is 14.1 Å². The SMILES string of the molecule is CCOc1nc([C@@H](CS(C)(=O)=O)n2c(=O)n(C)c3cc(-c4c(F)cccc4OC)ccc32)ccc1OC. The molecule has 0 unspecified atom stereocenters. The van der Waals surface area contributed by atoms with Crippen molar-refractivity contribution in [2.45, 2.75) is 13.0 Å². The number of aromatic nitrogens is 3. The highest BCUT2D eigenvalue weighted by molar-refractivity contribution is 7.90. The Morgan fingerprint density at radius 1 is 1.03 bits per heavy atom. The molecule has 2 heterocycles. The molecule has 9 nitrogen and oxygen atoms in total. The number of pyridine rings is 1. The number of rotatable bonds is 9. The summed E-state index contributed by atoms with van der Waals surface area (Å²) in [5.41, 5.74) is 1.61. The number of aryl methyl sites for hydroxylation is 1. The summed E-state index contributed by atoms with van der Waals surface area (Å²) in [6.07, 6.45) is 1.10. The monoisotopic (exact) mass is 529 g/mol. The second kappa shape index (κ2) is 10.3. The first kappa shape index (κ1) is 26.2. The van der Waals surface area contributed by atoms with Gasteiger partial charge in [0.25, 0.3) is 5.88 Å². The van der Waals surface area contributed by atoms with Gasteiger partial charge in [-0.1, -0.05) is 12.1 Å². The number of hydrogen-bond acceptors (Lipinski definition) is 7. The van der Waals surface area contributed by atoms with Crippen molar-refractivity contribution >= 4 is 20.9 Å². The molecule has 4 aromatic rings. The minimum atomic E-state index is -3.55. The molecule has 0 aliphatic rings. The number of halogens is 1. The van der Waals surface area contributed by atoms with Crippen LogP contribution in [0.25, 0.3) is 22.2 Å². The number of fused-ring (bicyclic) bond motifs is 1. The van der Waals surface area contributed by atoms with Gasteiger partial charge in [0.1, 0.15) is 21.4 Å². The molecule has 0 aliphatic carbocycles. The first-order valence-electron chi connectivity index (χ1n) is 11.5. The van der Waals surface area contributed by atoms with Gasteiger partial charge in [-0.2, -0.15) is 0 Å². The number of sulfone groups is 1. The maximum atomic E-state index is 14.8. The van der Waals surface area contributed by atoms with Gasteiger partial charge in [0.05, 0.1) is 54.9 Å². The lowest BCUT2D eigenvalue weighted by Gasteiger charge is -2.19. The summed E-state index contributed by atoms with van der Waals surface area (Å²) in [5, 5.41) is 0. The minimum Gasteiger partial charge on any atom is -0.496 e. The number of methoxy groups -OCH3 is 2. The Kier molecular flexibility index (Phi) is 7.26. The number of hydrogen-bond donors (Lipinski definition) is 0. The minimum absolute atomic E-state index is 0.197. The van der Waals surface area contributed by atoms with Crippen LogP contribution in [0.5, 0.6) is 17.4 Å². The maximum absolute atomic E-state index is 14.8. The van der Waals surface area contributed by atoms with Crippen LogP contribution in [0.3, 0.4) is 0 Å². The van der Waals surface area contributed by atoms with Gasteiger partial charge < -0.3 is 14.2 Å². The van der Waals surface area contributed by atoms with Crippen LogP contribution in [0, 0.1) is 5.82 Å². The third kappa shape index (κ3) is 5.04. The van der Waals surface area contributed by atoms with E-state index in [1.54, 1.807) is 56.4 Å². The molecule has 0 spiro atoms. The zero-order chi connectivity index (χ0) is 26.9. The van der Waals surface area contributed by atoms with E-state index in [4.69, 9.17) is 14.2 Å². The summed E-state index contributed by atoms with van der Waals surface area (Å²) in [4.78, 5) is 18.0. The molecular weight excluding hydrogens is 501 g/mol. The zero-order valence-corrected chi connectivity index (χ0v) is 22.0. The first-order valence-corrected chi connectivity index (χ1v) is 13.5. The number of nitrogens with zero attached hydrogens (tertiary/aromatic N) is 3. The summed E-state index contributed by atoms with van der Waals surface area (Å²) < 4.78 is 58.7. The molecule has 0 N–H and O–H groups in total. The van der Waals surface area contributed by atoms with Crippen molar-refractivity contribution in [1.29, 1.82) is 0 Å². The van der Waals surface area contributed by atoms with Gasteiger partial charge in [-0.15, -0.1) is 0 Å². The standard InChI is InChI=1S/C26H28FN3O6S/c1-6-36-25-23(35-4)13-11-18(28-25)21(15-37(5,32)33)30-19-12-10-16(14-20(19)29(2)26(30)31)24-17(27)8-7-9-22(24)34-3/h7-14,21H,6,15H2,1-5H3/t21-/m1/s1. The maximum Gasteiger partial charge on any atom is 0.329 e. The van der Waals surface area contributed by atoms with Crippen LogP contribution < -0.4 is 19.9 Å². The number of benzene rings is 2. The lowest BCUT2D eigenvalue weighted by atomic mass is 10.0. The lowest BCUT2D eigenvalue weighted by molar-refractivity contribution is 0.296. The van der Waals surface area contributed by atoms with Crippen LogP contribution in [-0.2, 0) is 16.9 Å². The third-order valence-electron chi connectivity index (χ3n) is 6.03. The summed E-state index contributed by atoms with van der Waals surface area (Å²) in [6.45, 7) is 2.11. The highest BCUT2D eigenvalue weighted by Gasteiger charge is 2.27. The van der Waals surface area contributed by atoms with Crippen LogP contribution in [0.1, 0.15) is 18.7 Å². The fourth-order valence-corrected chi connectivity index (χ4v) is 5.27. The molecule has 0 fully saturated rings. The van der Waals surface area contributed by atoms with E-state index in [2.05, 4.69) is 4.98 Å². The molecule has 0 saturated heterocycles. The fraction of sp³-hybridized carbons (Fsp3) is 0.308. The van der Waals surface area contributed by atoms with Gasteiger partial charge in [0.15, 0.2) is 5.75 Å². The first-order chi connectivity index (χ1) is 17.6. The van der Waals surface area contributed by atoms with Gasteiger partial charge >= 0.3 is 5.69 Å². The Hall–Kier alpha value is -3.86. The topological polar surface area (TPSA) is 102 Å². The average molecular weight is 530 g/mol. The second-order valence-corrected chi connectivity index (χ2v) is 10.7. The summed E-state index contributed by atoms with van der Waals surface area (Å²) in [7, 11) is 0.960. The molecule has 0 saturated carbocycles. The van der Waals surface area contributed by atoms with E-state index in [1.165, 1.54) is 29.4 Å². The van der Waals surface area contributed by atoms with Crippen LogP contribution in [0.2, 0.25) is 0 Å². The summed E-state index contributed by atoms with van der Waals surface area (Å²) in [6, 6.07) is 11.8. The molecule has 0 amide bonds. The van der Waals surface area contributed by atoms with Crippen LogP contribution in [-0.4, -0.2) is 55.4 Å².